The number of thiophene rings is 1. The number of hydrogen-bond acceptors (Lipinski definition) is 4. The number of hydrogen-bond donors (Lipinski definition) is 2. The molecular formula is C15H15NO3S2. The molecule has 0 saturated carbocycles. The predicted octanol–water partition coefficient (Wildman–Crippen LogP) is 3.74. The molecule has 1 aromatic carbocycles. The van der Waals surface area contributed by atoms with E-state index in [0.717, 1.165) is 17.0 Å². The van der Waals surface area contributed by atoms with Gasteiger partial charge in [0.2, 0.25) is 5.91 Å². The summed E-state index contributed by atoms with van der Waals surface area (Å²) in [4.78, 5) is 23.7. The minimum absolute atomic E-state index is 0.104. The number of nitrogens with one attached hydrogen (secondary N) is 1. The number of anilines is 1. The molecule has 21 heavy (non-hydrogen) atoms. The number of carbonyl (C=O) groups excluding carboxylic acids is 1. The number of aromatic carboxylic acids is 1. The van der Waals surface area contributed by atoms with Crippen molar-refractivity contribution >= 4 is 40.7 Å². The lowest BCUT2D eigenvalue weighted by Crippen LogP contribution is -2.13. The first kappa shape index (κ1) is 15.6. The number of carbonyl (C=O) groups is 2. The Balaban J connectivity index is 1.84. The summed E-state index contributed by atoms with van der Waals surface area (Å²) in [6.07, 6.45) is 0.966. The van der Waals surface area contributed by atoms with Gasteiger partial charge in [0.25, 0.3) is 0 Å². The highest BCUT2D eigenvalue weighted by atomic mass is 32.2. The second-order valence-electron chi connectivity index (χ2n) is 4.34. The SMILES string of the molecule is CCc1ccc(NC(=O)CSc2csc(C(=O)O)c2)cc1. The summed E-state index contributed by atoms with van der Waals surface area (Å²) < 4.78 is 0. The smallest absolute Gasteiger partial charge is 0.345 e. The predicted molar refractivity (Wildman–Crippen MR) is 86.5 cm³/mol. The minimum atomic E-state index is -0.938. The topological polar surface area (TPSA) is 66.4 Å². The molecule has 0 bridgehead atoms. The summed E-state index contributed by atoms with van der Waals surface area (Å²) >= 11 is 2.49. The van der Waals surface area contributed by atoms with E-state index in [1.807, 2.05) is 24.3 Å². The molecule has 6 heteroatoms. The molecular weight excluding hydrogens is 306 g/mol. The monoisotopic (exact) mass is 321 g/mol. The zero-order valence-corrected chi connectivity index (χ0v) is 13.1. The van der Waals surface area contributed by atoms with Crippen LogP contribution >= 0.6 is 23.1 Å². The normalized spacial score (nSPS) is 10.3. The average molecular weight is 321 g/mol. The second-order valence-corrected chi connectivity index (χ2v) is 6.30. The van der Waals surface area contributed by atoms with E-state index in [1.54, 1.807) is 11.4 Å². The van der Waals surface area contributed by atoms with Crippen LogP contribution in [0.1, 0.15) is 22.2 Å². The van der Waals surface area contributed by atoms with E-state index in [1.165, 1.54) is 28.7 Å². The summed E-state index contributed by atoms with van der Waals surface area (Å²) in [6.45, 7) is 2.08. The third kappa shape index (κ3) is 4.61. The Morgan fingerprint density at radius 3 is 2.57 bits per heavy atom. The Morgan fingerprint density at radius 2 is 2.00 bits per heavy atom. The molecule has 0 aliphatic rings. The van der Waals surface area contributed by atoms with Crippen LogP contribution in [0.4, 0.5) is 5.69 Å². The zero-order chi connectivity index (χ0) is 15.2. The highest BCUT2D eigenvalue weighted by Crippen LogP contribution is 2.25. The van der Waals surface area contributed by atoms with Gasteiger partial charge in [-0.25, -0.2) is 4.79 Å². The van der Waals surface area contributed by atoms with Gasteiger partial charge < -0.3 is 10.4 Å². The van der Waals surface area contributed by atoms with Gasteiger partial charge in [-0.2, -0.15) is 0 Å². The van der Waals surface area contributed by atoms with E-state index in [0.29, 0.717) is 0 Å². The van der Waals surface area contributed by atoms with Gasteiger partial charge in [0.05, 0.1) is 5.75 Å². The quantitative estimate of drug-likeness (QED) is 0.795. The molecule has 0 aliphatic carbocycles. The van der Waals surface area contributed by atoms with Crippen LogP contribution in [0, 0.1) is 0 Å². The summed E-state index contributed by atoms with van der Waals surface area (Å²) in [5, 5.41) is 13.4. The molecule has 0 atom stereocenters. The molecule has 0 fully saturated rings. The van der Waals surface area contributed by atoms with Gasteiger partial charge in [0.1, 0.15) is 4.88 Å². The van der Waals surface area contributed by atoms with Gasteiger partial charge >= 0.3 is 5.97 Å². The van der Waals surface area contributed by atoms with E-state index in [2.05, 4.69) is 12.2 Å². The Morgan fingerprint density at radius 1 is 1.29 bits per heavy atom. The van der Waals surface area contributed by atoms with Crippen molar-refractivity contribution in [3.63, 3.8) is 0 Å². The molecule has 1 aromatic heterocycles. The number of rotatable bonds is 6. The van der Waals surface area contributed by atoms with Crippen LogP contribution in [0.25, 0.3) is 0 Å². The van der Waals surface area contributed by atoms with Crippen LogP contribution < -0.4 is 5.32 Å². The van der Waals surface area contributed by atoms with E-state index in [4.69, 9.17) is 5.11 Å². The maximum atomic E-state index is 11.8. The van der Waals surface area contributed by atoms with Crippen molar-refractivity contribution in [3.05, 3.63) is 46.2 Å². The van der Waals surface area contributed by atoms with E-state index in [-0.39, 0.29) is 16.5 Å². The Bertz CT molecular complexity index is 635. The second kappa shape index (κ2) is 7.28. The summed E-state index contributed by atoms with van der Waals surface area (Å²) in [6, 6.07) is 9.32. The fourth-order valence-electron chi connectivity index (χ4n) is 1.68. The molecule has 0 unspecified atom stereocenters. The van der Waals surface area contributed by atoms with Gasteiger partial charge in [-0.1, -0.05) is 19.1 Å². The number of carboxylic acid groups (broad SMARTS) is 1. The van der Waals surface area contributed by atoms with Gasteiger partial charge in [0, 0.05) is 16.0 Å². The lowest BCUT2D eigenvalue weighted by Gasteiger charge is -2.05. The van der Waals surface area contributed by atoms with Crippen molar-refractivity contribution in [1.29, 1.82) is 0 Å². The highest BCUT2D eigenvalue weighted by molar-refractivity contribution is 8.00. The van der Waals surface area contributed by atoms with Gasteiger partial charge in [-0.15, -0.1) is 23.1 Å². The fraction of sp³-hybridized carbons (Fsp3) is 0.200. The van der Waals surface area contributed by atoms with Gasteiger partial charge in [0.15, 0.2) is 0 Å². The van der Waals surface area contributed by atoms with Crippen LogP contribution in [0.5, 0.6) is 0 Å². The van der Waals surface area contributed by atoms with Crippen LogP contribution in [0.3, 0.4) is 0 Å². The third-order valence-corrected chi connectivity index (χ3v) is 4.85. The lowest BCUT2D eigenvalue weighted by atomic mass is 10.1. The van der Waals surface area contributed by atoms with Crippen LogP contribution in [-0.2, 0) is 11.2 Å². The molecule has 0 aliphatic heterocycles. The first-order chi connectivity index (χ1) is 10.1. The van der Waals surface area contributed by atoms with E-state index < -0.39 is 5.97 Å². The molecule has 1 amide bonds. The van der Waals surface area contributed by atoms with Crippen LogP contribution in [-0.4, -0.2) is 22.7 Å². The summed E-state index contributed by atoms with van der Waals surface area (Å²) in [5.74, 6) is -0.787. The third-order valence-electron chi connectivity index (χ3n) is 2.80. The van der Waals surface area contributed by atoms with Crippen molar-refractivity contribution in [2.24, 2.45) is 0 Å². The number of thioether (sulfide) groups is 1. The van der Waals surface area contributed by atoms with Crippen molar-refractivity contribution in [3.8, 4) is 0 Å². The molecule has 0 spiro atoms. The standard InChI is InChI=1S/C15H15NO3S2/c1-2-10-3-5-11(6-4-10)16-14(17)9-20-12-7-13(15(18)19)21-8-12/h3-8H,2,9H2,1H3,(H,16,17)(H,18,19). The molecule has 2 aromatic rings. The Kier molecular flexibility index (Phi) is 5.41. The van der Waals surface area contributed by atoms with Gasteiger partial charge in [-0.05, 0) is 30.2 Å². The zero-order valence-electron chi connectivity index (χ0n) is 11.5. The summed E-state index contributed by atoms with van der Waals surface area (Å²) in [5.41, 5.74) is 2.00. The molecule has 2 N–H and O–H groups in total. The first-order valence-electron chi connectivity index (χ1n) is 6.42. The first-order valence-corrected chi connectivity index (χ1v) is 8.28. The Hall–Kier alpha value is -1.79. The summed E-state index contributed by atoms with van der Waals surface area (Å²) in [7, 11) is 0. The number of aryl methyl sites for hydroxylation is 1. The fourth-order valence-corrected chi connectivity index (χ4v) is 3.35. The van der Waals surface area contributed by atoms with Crippen LogP contribution in [0.2, 0.25) is 0 Å². The van der Waals surface area contributed by atoms with Crippen LogP contribution in [0.15, 0.2) is 40.6 Å². The van der Waals surface area contributed by atoms with Crippen molar-refractivity contribution in [1.82, 2.24) is 0 Å². The Labute approximate surface area is 131 Å². The molecule has 0 saturated heterocycles. The molecule has 110 valence electrons. The number of amides is 1. The maximum absolute atomic E-state index is 11.8. The van der Waals surface area contributed by atoms with Crippen molar-refractivity contribution in [2.75, 3.05) is 11.1 Å². The molecule has 1 heterocycles. The largest absolute Gasteiger partial charge is 0.477 e. The average Bonchev–Trinajstić information content (AvgIpc) is 2.95. The molecule has 2 rings (SSSR count). The molecule has 0 radical (unpaired) electrons. The highest BCUT2D eigenvalue weighted by Gasteiger charge is 2.09. The van der Waals surface area contributed by atoms with E-state index in [9.17, 15) is 9.59 Å². The minimum Gasteiger partial charge on any atom is -0.477 e. The van der Waals surface area contributed by atoms with Crippen molar-refractivity contribution < 1.29 is 14.7 Å². The lowest BCUT2D eigenvalue weighted by molar-refractivity contribution is -0.113. The van der Waals surface area contributed by atoms with Gasteiger partial charge in [-0.3, -0.25) is 4.79 Å². The maximum Gasteiger partial charge on any atom is 0.345 e. The van der Waals surface area contributed by atoms with E-state index >= 15 is 0 Å². The number of carboxylic acids is 1. The molecule has 4 nitrogen and oxygen atoms in total. The van der Waals surface area contributed by atoms with Crippen molar-refractivity contribution in [2.45, 2.75) is 18.2 Å². The number of benzene rings is 1.